The maximum absolute atomic E-state index is 11.6. The SMILES string of the molecule is CCOC(=O)C(C)C(C)c1ccc(C)cc1. The number of aryl methyl sites for hydroxylation is 1. The van der Waals surface area contributed by atoms with Gasteiger partial charge in [-0.25, -0.2) is 0 Å². The molecule has 88 valence electrons. The lowest BCUT2D eigenvalue weighted by atomic mass is 9.88. The number of hydrogen-bond acceptors (Lipinski definition) is 2. The molecule has 0 aliphatic heterocycles. The first-order valence-electron chi connectivity index (χ1n) is 5.79. The van der Waals surface area contributed by atoms with Crippen LogP contribution in [0.5, 0.6) is 0 Å². The number of carbonyl (C=O) groups excluding carboxylic acids is 1. The van der Waals surface area contributed by atoms with Gasteiger partial charge >= 0.3 is 5.97 Å². The van der Waals surface area contributed by atoms with Crippen LogP contribution in [-0.4, -0.2) is 12.6 Å². The summed E-state index contributed by atoms with van der Waals surface area (Å²) in [6, 6.07) is 8.30. The molecule has 1 rings (SSSR count). The summed E-state index contributed by atoms with van der Waals surface area (Å²) < 4.78 is 5.03. The van der Waals surface area contributed by atoms with Crippen LogP contribution < -0.4 is 0 Å². The highest BCUT2D eigenvalue weighted by Gasteiger charge is 2.22. The Bertz CT molecular complexity index is 340. The normalized spacial score (nSPS) is 14.2. The summed E-state index contributed by atoms with van der Waals surface area (Å²) in [5.41, 5.74) is 2.42. The fraction of sp³-hybridized carbons (Fsp3) is 0.500. The molecule has 2 atom stereocenters. The molecule has 0 aliphatic carbocycles. The lowest BCUT2D eigenvalue weighted by molar-refractivity contribution is -0.148. The predicted octanol–water partition coefficient (Wildman–Crippen LogP) is 3.30. The molecule has 0 radical (unpaired) electrons. The molecule has 0 aromatic heterocycles. The van der Waals surface area contributed by atoms with Crippen molar-refractivity contribution >= 4 is 5.97 Å². The van der Waals surface area contributed by atoms with Gasteiger partial charge in [-0.1, -0.05) is 43.7 Å². The number of carbonyl (C=O) groups is 1. The first kappa shape index (κ1) is 12.8. The lowest BCUT2D eigenvalue weighted by Gasteiger charge is -2.18. The molecule has 0 amide bonds. The van der Waals surface area contributed by atoms with E-state index in [1.807, 2.05) is 13.8 Å². The molecule has 2 unspecified atom stereocenters. The Morgan fingerprint density at radius 2 is 1.81 bits per heavy atom. The van der Waals surface area contributed by atoms with Gasteiger partial charge in [0.25, 0.3) is 0 Å². The van der Waals surface area contributed by atoms with E-state index < -0.39 is 0 Å². The summed E-state index contributed by atoms with van der Waals surface area (Å²) in [5.74, 6) is -0.0159. The number of ether oxygens (including phenoxy) is 1. The molecule has 16 heavy (non-hydrogen) atoms. The smallest absolute Gasteiger partial charge is 0.309 e. The second-order valence-electron chi connectivity index (χ2n) is 4.24. The van der Waals surface area contributed by atoms with Gasteiger partial charge in [0.2, 0.25) is 0 Å². The molecule has 0 saturated carbocycles. The molecule has 0 aliphatic rings. The molecule has 0 heterocycles. The maximum Gasteiger partial charge on any atom is 0.309 e. The minimum absolute atomic E-state index is 0.0948. The Morgan fingerprint density at radius 3 is 2.31 bits per heavy atom. The van der Waals surface area contributed by atoms with Crippen LogP contribution in [0.3, 0.4) is 0 Å². The topological polar surface area (TPSA) is 26.3 Å². The second-order valence-corrected chi connectivity index (χ2v) is 4.24. The zero-order chi connectivity index (χ0) is 12.1. The quantitative estimate of drug-likeness (QED) is 0.728. The largest absolute Gasteiger partial charge is 0.466 e. The van der Waals surface area contributed by atoms with Crippen LogP contribution >= 0.6 is 0 Å². The molecule has 0 bridgehead atoms. The van der Waals surface area contributed by atoms with Crippen LogP contribution in [0.15, 0.2) is 24.3 Å². The Hall–Kier alpha value is -1.31. The molecule has 0 N–H and O–H groups in total. The molecule has 2 heteroatoms. The third kappa shape index (κ3) is 3.09. The Kier molecular flexibility index (Phi) is 4.53. The Balaban J connectivity index is 2.73. The van der Waals surface area contributed by atoms with Crippen LogP contribution in [0.25, 0.3) is 0 Å². The molecule has 0 fully saturated rings. The number of rotatable bonds is 4. The Morgan fingerprint density at radius 1 is 1.25 bits per heavy atom. The van der Waals surface area contributed by atoms with E-state index in [1.54, 1.807) is 0 Å². The van der Waals surface area contributed by atoms with Crippen molar-refractivity contribution in [3.8, 4) is 0 Å². The van der Waals surface area contributed by atoms with E-state index in [0.717, 1.165) is 0 Å². The highest BCUT2D eigenvalue weighted by molar-refractivity contribution is 5.73. The maximum atomic E-state index is 11.6. The van der Waals surface area contributed by atoms with Crippen molar-refractivity contribution in [2.24, 2.45) is 5.92 Å². The summed E-state index contributed by atoms with van der Waals surface area (Å²) in [7, 11) is 0. The Labute approximate surface area is 97.6 Å². The van der Waals surface area contributed by atoms with Crippen molar-refractivity contribution in [3.63, 3.8) is 0 Å². The minimum atomic E-state index is -0.115. The first-order valence-corrected chi connectivity index (χ1v) is 5.79. The summed E-state index contributed by atoms with van der Waals surface area (Å²) in [6.45, 7) is 8.32. The highest BCUT2D eigenvalue weighted by Crippen LogP contribution is 2.25. The van der Waals surface area contributed by atoms with Gasteiger partial charge in [-0.3, -0.25) is 4.79 Å². The fourth-order valence-corrected chi connectivity index (χ4v) is 1.64. The van der Waals surface area contributed by atoms with Crippen molar-refractivity contribution in [1.82, 2.24) is 0 Å². The van der Waals surface area contributed by atoms with Gasteiger partial charge in [-0.2, -0.15) is 0 Å². The van der Waals surface area contributed by atoms with Gasteiger partial charge in [0.15, 0.2) is 0 Å². The summed E-state index contributed by atoms with van der Waals surface area (Å²) >= 11 is 0. The number of benzene rings is 1. The van der Waals surface area contributed by atoms with Crippen LogP contribution in [0.2, 0.25) is 0 Å². The van der Waals surface area contributed by atoms with Crippen molar-refractivity contribution in [1.29, 1.82) is 0 Å². The van der Waals surface area contributed by atoms with Crippen molar-refractivity contribution in [2.75, 3.05) is 6.61 Å². The van der Waals surface area contributed by atoms with E-state index in [4.69, 9.17) is 4.74 Å². The van der Waals surface area contributed by atoms with Gasteiger partial charge in [-0.05, 0) is 25.3 Å². The lowest BCUT2D eigenvalue weighted by Crippen LogP contribution is -2.20. The molecule has 0 spiro atoms. The van der Waals surface area contributed by atoms with E-state index in [-0.39, 0.29) is 17.8 Å². The van der Waals surface area contributed by atoms with E-state index >= 15 is 0 Å². The van der Waals surface area contributed by atoms with Crippen molar-refractivity contribution in [2.45, 2.75) is 33.6 Å². The third-order valence-electron chi connectivity index (χ3n) is 3.01. The van der Waals surface area contributed by atoms with Crippen LogP contribution in [-0.2, 0) is 9.53 Å². The van der Waals surface area contributed by atoms with E-state index in [1.165, 1.54) is 11.1 Å². The predicted molar refractivity (Wildman–Crippen MR) is 65.4 cm³/mol. The standard InChI is InChI=1S/C14H20O2/c1-5-16-14(15)12(4)11(3)13-8-6-10(2)7-9-13/h6-9,11-12H,5H2,1-4H3. The van der Waals surface area contributed by atoms with Crippen molar-refractivity contribution in [3.05, 3.63) is 35.4 Å². The van der Waals surface area contributed by atoms with Crippen LogP contribution in [0, 0.1) is 12.8 Å². The molecular formula is C14H20O2. The third-order valence-corrected chi connectivity index (χ3v) is 3.01. The summed E-state index contributed by atoms with van der Waals surface area (Å²) in [6.07, 6.45) is 0. The molecule has 0 saturated heterocycles. The van der Waals surface area contributed by atoms with Crippen LogP contribution in [0.4, 0.5) is 0 Å². The van der Waals surface area contributed by atoms with Crippen molar-refractivity contribution < 1.29 is 9.53 Å². The zero-order valence-corrected chi connectivity index (χ0v) is 10.5. The van der Waals surface area contributed by atoms with E-state index in [2.05, 4.69) is 38.1 Å². The van der Waals surface area contributed by atoms with Gasteiger partial charge in [0.1, 0.15) is 0 Å². The number of hydrogen-bond donors (Lipinski definition) is 0. The van der Waals surface area contributed by atoms with E-state index in [9.17, 15) is 4.79 Å². The number of esters is 1. The van der Waals surface area contributed by atoms with Gasteiger partial charge in [0, 0.05) is 0 Å². The average Bonchev–Trinajstić information content (AvgIpc) is 2.28. The van der Waals surface area contributed by atoms with E-state index in [0.29, 0.717) is 6.61 Å². The molecular weight excluding hydrogens is 200 g/mol. The second kappa shape index (κ2) is 5.69. The fourth-order valence-electron chi connectivity index (χ4n) is 1.64. The highest BCUT2D eigenvalue weighted by atomic mass is 16.5. The summed E-state index contributed by atoms with van der Waals surface area (Å²) in [4.78, 5) is 11.6. The first-order chi connectivity index (χ1) is 7.56. The summed E-state index contributed by atoms with van der Waals surface area (Å²) in [5, 5.41) is 0. The molecule has 2 nitrogen and oxygen atoms in total. The minimum Gasteiger partial charge on any atom is -0.466 e. The molecule has 1 aromatic carbocycles. The van der Waals surface area contributed by atoms with Crippen LogP contribution in [0.1, 0.15) is 37.8 Å². The molecule has 1 aromatic rings. The monoisotopic (exact) mass is 220 g/mol. The van der Waals surface area contributed by atoms with Gasteiger partial charge in [0.05, 0.1) is 12.5 Å². The zero-order valence-electron chi connectivity index (χ0n) is 10.5. The average molecular weight is 220 g/mol. The van der Waals surface area contributed by atoms with Gasteiger partial charge in [-0.15, -0.1) is 0 Å². The van der Waals surface area contributed by atoms with Gasteiger partial charge < -0.3 is 4.74 Å².